The van der Waals surface area contributed by atoms with E-state index >= 15 is 0 Å². The van der Waals surface area contributed by atoms with Crippen LogP contribution < -0.4 is 10.6 Å². The van der Waals surface area contributed by atoms with E-state index in [0.717, 1.165) is 64.4 Å². The molecule has 1 aliphatic carbocycles. The van der Waals surface area contributed by atoms with Crippen molar-refractivity contribution in [1.29, 1.82) is 0 Å². The first-order valence-corrected chi connectivity index (χ1v) is 15.5. The van der Waals surface area contributed by atoms with Crippen molar-refractivity contribution in [3.8, 4) is 33.9 Å². The van der Waals surface area contributed by atoms with Gasteiger partial charge in [-0.3, -0.25) is 15.1 Å². The lowest BCUT2D eigenvalue weighted by atomic mass is 10.0. The molecule has 0 amide bonds. The second-order valence-electron chi connectivity index (χ2n) is 12.2. The number of imidazole rings is 1. The molecule has 1 aliphatic rings. The third kappa shape index (κ3) is 6.40. The number of benzene rings is 1. The molecule has 5 aromatic heterocycles. The van der Waals surface area contributed by atoms with Crippen molar-refractivity contribution >= 4 is 27.8 Å². The summed E-state index contributed by atoms with van der Waals surface area (Å²) >= 11 is 0. The Morgan fingerprint density at radius 1 is 1.00 bits per heavy atom. The Kier molecular flexibility index (Phi) is 8.19. The smallest absolute Gasteiger partial charge is 0.160 e. The summed E-state index contributed by atoms with van der Waals surface area (Å²) in [6.45, 7) is 3.37. The Bertz CT molecular complexity index is 1940. The van der Waals surface area contributed by atoms with Crippen molar-refractivity contribution in [2.75, 3.05) is 39.0 Å². The zero-order valence-electron chi connectivity index (χ0n) is 25.6. The number of H-pyrrole nitrogens is 2. The first kappa shape index (κ1) is 29.0. The predicted octanol–water partition coefficient (Wildman–Crippen LogP) is 6.02. The van der Waals surface area contributed by atoms with Crippen molar-refractivity contribution < 1.29 is 4.39 Å². The molecule has 45 heavy (non-hydrogen) atoms. The first-order chi connectivity index (χ1) is 22.0. The van der Waals surface area contributed by atoms with E-state index in [9.17, 15) is 4.39 Å². The summed E-state index contributed by atoms with van der Waals surface area (Å²) in [4.78, 5) is 24.0. The molecule has 0 atom stereocenters. The van der Waals surface area contributed by atoms with Crippen molar-refractivity contribution in [3.63, 3.8) is 0 Å². The lowest BCUT2D eigenvalue weighted by Crippen LogP contribution is -2.20. The fraction of sp³-hybridized carbons (Fsp3) is 0.324. The molecule has 0 spiro atoms. The molecule has 0 saturated heterocycles. The largest absolute Gasteiger partial charge is 0.384 e. The number of fused-ring (bicyclic) bond motifs is 2. The highest BCUT2D eigenvalue weighted by Gasteiger charge is 2.18. The standard InChI is InChI=1S/C34H37FN10/c1-45(2)10-9-38-26-13-23(12-25(35)14-26)27-7-8-39-33-31(27)41-34(42-33)32-28-15-29(40-20-30(28)43-44-32)24-11-22(18-37-19-24)17-36-16-21-5-3-4-6-21/h7-8,11-15,18-21,36,38H,3-6,9-10,16-17H2,1-2H3,(H,43,44)(H,39,41,42). The molecule has 0 radical (unpaired) electrons. The van der Waals surface area contributed by atoms with Gasteiger partial charge in [0.25, 0.3) is 0 Å². The van der Waals surface area contributed by atoms with E-state index in [1.807, 2.05) is 44.7 Å². The topological polar surface area (TPSA) is 123 Å². The molecule has 10 nitrogen and oxygen atoms in total. The Balaban J connectivity index is 1.17. The molecule has 0 aliphatic heterocycles. The molecule has 1 fully saturated rings. The highest BCUT2D eigenvalue weighted by Crippen LogP contribution is 2.33. The van der Waals surface area contributed by atoms with Crippen LogP contribution in [0.2, 0.25) is 0 Å². The van der Waals surface area contributed by atoms with Crippen LogP contribution in [0.25, 0.3) is 56.0 Å². The number of nitrogens with zero attached hydrogens (tertiary/aromatic N) is 6. The molecule has 5 heterocycles. The van der Waals surface area contributed by atoms with Crippen LogP contribution in [-0.4, -0.2) is 73.7 Å². The van der Waals surface area contributed by atoms with E-state index in [1.165, 1.54) is 37.8 Å². The monoisotopic (exact) mass is 604 g/mol. The van der Waals surface area contributed by atoms with Gasteiger partial charge in [0, 0.05) is 60.4 Å². The fourth-order valence-electron chi connectivity index (χ4n) is 6.14. The summed E-state index contributed by atoms with van der Waals surface area (Å²) in [5.74, 6) is 1.04. The van der Waals surface area contributed by atoms with Gasteiger partial charge in [0.1, 0.15) is 17.0 Å². The minimum Gasteiger partial charge on any atom is -0.384 e. The van der Waals surface area contributed by atoms with Crippen LogP contribution in [0.5, 0.6) is 0 Å². The van der Waals surface area contributed by atoms with Gasteiger partial charge in [-0.15, -0.1) is 0 Å². The van der Waals surface area contributed by atoms with Crippen LogP contribution >= 0.6 is 0 Å². The van der Waals surface area contributed by atoms with Crippen molar-refractivity contribution in [1.82, 2.24) is 45.3 Å². The molecule has 7 rings (SSSR count). The van der Waals surface area contributed by atoms with Crippen LogP contribution in [0.3, 0.4) is 0 Å². The number of aromatic nitrogens is 7. The van der Waals surface area contributed by atoms with Gasteiger partial charge in [0.15, 0.2) is 11.5 Å². The highest BCUT2D eigenvalue weighted by atomic mass is 19.1. The van der Waals surface area contributed by atoms with Crippen molar-refractivity contribution in [2.45, 2.75) is 32.2 Å². The Morgan fingerprint density at radius 2 is 1.89 bits per heavy atom. The molecule has 0 unspecified atom stereocenters. The maximum atomic E-state index is 14.7. The van der Waals surface area contributed by atoms with E-state index in [0.29, 0.717) is 34.9 Å². The SMILES string of the molecule is CN(C)CCNc1cc(F)cc(-c2ccnc3[nH]c(-c4n[nH]c5cnc(-c6cncc(CNCC7CCCC7)c6)cc45)nc23)c1. The molecule has 6 aromatic rings. The third-order valence-corrected chi connectivity index (χ3v) is 8.48. The summed E-state index contributed by atoms with van der Waals surface area (Å²) in [6.07, 6.45) is 12.6. The van der Waals surface area contributed by atoms with E-state index in [4.69, 9.17) is 9.97 Å². The van der Waals surface area contributed by atoms with Crippen LogP contribution in [-0.2, 0) is 6.54 Å². The maximum absolute atomic E-state index is 14.7. The molecule has 0 bridgehead atoms. The second kappa shape index (κ2) is 12.7. The van der Waals surface area contributed by atoms with E-state index < -0.39 is 0 Å². The number of likely N-dealkylation sites (N-methyl/N-ethyl adjacent to an activating group) is 1. The van der Waals surface area contributed by atoms with Crippen LogP contribution in [0.1, 0.15) is 31.2 Å². The highest BCUT2D eigenvalue weighted by molar-refractivity contribution is 5.97. The number of hydrogen-bond donors (Lipinski definition) is 4. The summed E-state index contributed by atoms with van der Waals surface area (Å²) in [7, 11) is 4.01. The lowest BCUT2D eigenvalue weighted by Gasteiger charge is -2.12. The number of halogens is 1. The zero-order valence-corrected chi connectivity index (χ0v) is 25.6. The minimum absolute atomic E-state index is 0.318. The van der Waals surface area contributed by atoms with Gasteiger partial charge in [-0.05, 0) is 86.9 Å². The van der Waals surface area contributed by atoms with Gasteiger partial charge in [-0.1, -0.05) is 12.8 Å². The fourth-order valence-corrected chi connectivity index (χ4v) is 6.14. The number of hydrogen-bond acceptors (Lipinski definition) is 8. The second-order valence-corrected chi connectivity index (χ2v) is 12.2. The van der Waals surface area contributed by atoms with Gasteiger partial charge >= 0.3 is 0 Å². The van der Waals surface area contributed by atoms with Gasteiger partial charge in [-0.2, -0.15) is 5.10 Å². The van der Waals surface area contributed by atoms with E-state index in [1.54, 1.807) is 12.4 Å². The Labute approximate surface area is 260 Å². The normalized spacial score (nSPS) is 13.9. The zero-order chi connectivity index (χ0) is 30.8. The van der Waals surface area contributed by atoms with Crippen molar-refractivity contribution in [3.05, 3.63) is 72.6 Å². The number of aromatic amines is 2. The van der Waals surface area contributed by atoms with Gasteiger partial charge in [0.2, 0.25) is 0 Å². The maximum Gasteiger partial charge on any atom is 0.160 e. The minimum atomic E-state index is -0.318. The molecule has 11 heteroatoms. The average molecular weight is 605 g/mol. The van der Waals surface area contributed by atoms with E-state index in [-0.39, 0.29) is 5.82 Å². The van der Waals surface area contributed by atoms with Gasteiger partial charge < -0.3 is 20.5 Å². The molecule has 230 valence electrons. The van der Waals surface area contributed by atoms with Gasteiger partial charge in [-0.25, -0.2) is 14.4 Å². The lowest BCUT2D eigenvalue weighted by molar-refractivity contribution is 0.425. The summed E-state index contributed by atoms with van der Waals surface area (Å²) in [6, 6.07) is 11.0. The summed E-state index contributed by atoms with van der Waals surface area (Å²) < 4.78 is 14.7. The Morgan fingerprint density at radius 3 is 2.76 bits per heavy atom. The molecular formula is C34H37FN10. The van der Waals surface area contributed by atoms with Crippen LogP contribution in [0.4, 0.5) is 10.1 Å². The predicted molar refractivity (Wildman–Crippen MR) is 176 cm³/mol. The van der Waals surface area contributed by atoms with Crippen LogP contribution in [0, 0.1) is 11.7 Å². The third-order valence-electron chi connectivity index (χ3n) is 8.48. The summed E-state index contributed by atoms with van der Waals surface area (Å²) in [5, 5.41) is 15.5. The molecular weight excluding hydrogens is 567 g/mol. The molecule has 1 aromatic carbocycles. The Hall–Kier alpha value is -4.74. The quantitative estimate of drug-likeness (QED) is 0.142. The van der Waals surface area contributed by atoms with Gasteiger partial charge in [0.05, 0.1) is 17.4 Å². The van der Waals surface area contributed by atoms with Crippen LogP contribution in [0.15, 0.2) is 61.2 Å². The molecule has 1 saturated carbocycles. The average Bonchev–Trinajstić information content (AvgIpc) is 3.80. The van der Waals surface area contributed by atoms with E-state index in [2.05, 4.69) is 46.7 Å². The molecule has 4 N–H and O–H groups in total. The number of rotatable bonds is 11. The first-order valence-electron chi connectivity index (χ1n) is 15.5. The number of anilines is 1. The number of pyridine rings is 3. The summed E-state index contributed by atoms with van der Waals surface area (Å²) in [5.41, 5.74) is 7.79. The number of nitrogens with one attached hydrogen (secondary N) is 4. The van der Waals surface area contributed by atoms with Crippen molar-refractivity contribution in [2.24, 2.45) is 5.92 Å².